The van der Waals surface area contributed by atoms with E-state index in [0.29, 0.717) is 25.2 Å². The van der Waals surface area contributed by atoms with E-state index >= 15 is 4.39 Å². The van der Waals surface area contributed by atoms with Crippen molar-refractivity contribution < 1.29 is 23.8 Å². The molecule has 2 aromatic rings. The van der Waals surface area contributed by atoms with Crippen molar-refractivity contribution in [2.75, 3.05) is 31.1 Å². The van der Waals surface area contributed by atoms with Gasteiger partial charge in [0, 0.05) is 25.7 Å². The van der Waals surface area contributed by atoms with Gasteiger partial charge in [0.2, 0.25) is 5.43 Å². The summed E-state index contributed by atoms with van der Waals surface area (Å²) in [5.41, 5.74) is -0.0662. The third-order valence-electron chi connectivity index (χ3n) is 5.71. The molecular weight excluding hydrogens is 440 g/mol. The molecule has 1 aromatic heterocycles. The van der Waals surface area contributed by atoms with E-state index < -0.39 is 17.4 Å². The predicted molar refractivity (Wildman–Crippen MR) is 111 cm³/mol. The number of aromatic nitrogens is 1. The quantitative estimate of drug-likeness (QED) is 0.681. The number of ether oxygens (including phenoxy) is 2. The number of anilines is 1. The highest BCUT2D eigenvalue weighted by Crippen LogP contribution is 2.43. The lowest BCUT2D eigenvalue weighted by atomic mass is 10.1. The number of hydrogen-bond donors (Lipinski definition) is 2. The van der Waals surface area contributed by atoms with Gasteiger partial charge < -0.3 is 29.4 Å². The number of hydrogen-bond acceptors (Lipinski definition) is 6. The number of rotatable bonds is 3. The molecule has 1 saturated carbocycles. The van der Waals surface area contributed by atoms with Crippen LogP contribution < -0.4 is 20.4 Å². The first kappa shape index (κ1) is 21.2. The summed E-state index contributed by atoms with van der Waals surface area (Å²) in [7, 11) is 0. The Morgan fingerprint density at radius 2 is 2.13 bits per heavy atom. The molecule has 3 fully saturated rings. The van der Waals surface area contributed by atoms with Crippen LogP contribution >= 0.6 is 24.0 Å². The van der Waals surface area contributed by atoms with E-state index in [1.165, 1.54) is 6.20 Å². The van der Waals surface area contributed by atoms with Crippen molar-refractivity contribution in [1.82, 2.24) is 9.88 Å². The number of benzene rings is 1. The number of halogens is 3. The Kier molecular flexibility index (Phi) is 5.56. The predicted octanol–water partition coefficient (Wildman–Crippen LogP) is 2.78. The number of morpholine rings is 1. The van der Waals surface area contributed by atoms with Gasteiger partial charge in [-0.05, 0) is 18.9 Å². The normalized spacial score (nSPS) is 23.2. The fourth-order valence-electron chi connectivity index (χ4n) is 4.28. The Labute approximate surface area is 181 Å². The SMILES string of the molecule is Cl.O=C(O)Oc1cn(C2CC2)c2c(Cl)c(N3CC4NCCOC4C3)c(F)cc2c1=O. The standard InChI is InChI=1S/C19H19ClFN3O5.ClH/c20-15-16-10(18(25)14(29-19(26)27)8-24(16)9-1-2-9)5-11(21)17(15)23-6-12-13(7-23)28-4-3-22-12;/h5,8-9,12-13,22H,1-4,6-7H2,(H,26,27);1H. The van der Waals surface area contributed by atoms with Gasteiger partial charge in [-0.2, -0.15) is 0 Å². The first-order valence-electron chi connectivity index (χ1n) is 9.51. The van der Waals surface area contributed by atoms with Crippen molar-refractivity contribution in [2.24, 2.45) is 0 Å². The van der Waals surface area contributed by atoms with E-state index in [1.807, 2.05) is 4.90 Å². The maximum atomic E-state index is 15.1. The first-order valence-corrected chi connectivity index (χ1v) is 9.89. The largest absolute Gasteiger partial charge is 0.511 e. The zero-order valence-corrected chi connectivity index (χ0v) is 17.3. The van der Waals surface area contributed by atoms with Gasteiger partial charge in [0.05, 0.1) is 46.6 Å². The highest BCUT2D eigenvalue weighted by molar-refractivity contribution is 6.38. The van der Waals surface area contributed by atoms with E-state index in [2.05, 4.69) is 10.1 Å². The van der Waals surface area contributed by atoms with Gasteiger partial charge in [-0.1, -0.05) is 11.6 Å². The summed E-state index contributed by atoms with van der Waals surface area (Å²) in [5.74, 6) is -0.988. The Morgan fingerprint density at radius 3 is 2.80 bits per heavy atom. The molecule has 0 radical (unpaired) electrons. The molecule has 2 N–H and O–H groups in total. The minimum Gasteiger partial charge on any atom is -0.449 e. The number of carbonyl (C=O) groups is 1. The van der Waals surface area contributed by atoms with Crippen molar-refractivity contribution >= 4 is 46.8 Å². The van der Waals surface area contributed by atoms with E-state index in [0.717, 1.165) is 25.5 Å². The highest BCUT2D eigenvalue weighted by atomic mass is 35.5. The Bertz CT molecular complexity index is 1060. The molecule has 2 atom stereocenters. The molecule has 2 aliphatic heterocycles. The highest BCUT2D eigenvalue weighted by Gasteiger charge is 2.38. The maximum absolute atomic E-state index is 15.1. The molecule has 3 aliphatic rings. The molecule has 1 aromatic carbocycles. The van der Waals surface area contributed by atoms with Gasteiger partial charge in [-0.25, -0.2) is 9.18 Å². The minimum atomic E-state index is -1.60. The lowest BCUT2D eigenvalue weighted by Gasteiger charge is -2.25. The summed E-state index contributed by atoms with van der Waals surface area (Å²) in [6.45, 7) is 2.39. The van der Waals surface area contributed by atoms with Crippen LogP contribution in [-0.4, -0.2) is 54.2 Å². The van der Waals surface area contributed by atoms with Crippen molar-refractivity contribution in [1.29, 1.82) is 0 Å². The molecule has 0 spiro atoms. The number of pyridine rings is 1. The molecular formula is C19H20Cl2FN3O5. The molecule has 0 bridgehead atoms. The van der Waals surface area contributed by atoms with Crippen molar-refractivity contribution in [3.05, 3.63) is 33.3 Å². The third kappa shape index (κ3) is 3.49. The van der Waals surface area contributed by atoms with Crippen LogP contribution in [0.3, 0.4) is 0 Å². The smallest absolute Gasteiger partial charge is 0.449 e. The van der Waals surface area contributed by atoms with Crippen LogP contribution in [0.25, 0.3) is 10.9 Å². The molecule has 2 saturated heterocycles. The van der Waals surface area contributed by atoms with E-state index in [-0.39, 0.29) is 52.4 Å². The van der Waals surface area contributed by atoms with E-state index in [1.54, 1.807) is 4.57 Å². The summed E-state index contributed by atoms with van der Waals surface area (Å²) < 4.78 is 27.3. The van der Waals surface area contributed by atoms with Gasteiger partial charge in [-0.3, -0.25) is 4.79 Å². The van der Waals surface area contributed by atoms with Crippen LogP contribution in [-0.2, 0) is 4.74 Å². The van der Waals surface area contributed by atoms with Crippen LogP contribution in [0.15, 0.2) is 17.1 Å². The fraction of sp³-hybridized carbons (Fsp3) is 0.474. The molecule has 3 heterocycles. The van der Waals surface area contributed by atoms with Crippen LogP contribution in [0.4, 0.5) is 14.9 Å². The van der Waals surface area contributed by atoms with Gasteiger partial charge in [0.15, 0.2) is 5.75 Å². The summed E-state index contributed by atoms with van der Waals surface area (Å²) in [4.78, 5) is 25.5. The van der Waals surface area contributed by atoms with Gasteiger partial charge in [0.25, 0.3) is 0 Å². The van der Waals surface area contributed by atoms with Gasteiger partial charge >= 0.3 is 6.16 Å². The lowest BCUT2D eigenvalue weighted by Crippen LogP contribution is -2.47. The summed E-state index contributed by atoms with van der Waals surface area (Å²) in [6.07, 6.45) is 1.43. The molecule has 8 nitrogen and oxygen atoms in total. The zero-order valence-electron chi connectivity index (χ0n) is 15.8. The Balaban J connectivity index is 0.00000218. The van der Waals surface area contributed by atoms with Crippen LogP contribution in [0, 0.1) is 5.82 Å². The molecule has 30 heavy (non-hydrogen) atoms. The van der Waals surface area contributed by atoms with Crippen LogP contribution in [0.5, 0.6) is 5.75 Å². The number of fused-ring (bicyclic) bond motifs is 2. The zero-order chi connectivity index (χ0) is 20.3. The Hall–Kier alpha value is -2.07. The number of carboxylic acid groups (broad SMARTS) is 1. The van der Waals surface area contributed by atoms with Crippen molar-refractivity contribution in [3.8, 4) is 5.75 Å². The van der Waals surface area contributed by atoms with E-state index in [9.17, 15) is 9.59 Å². The van der Waals surface area contributed by atoms with Gasteiger partial charge in [-0.15, -0.1) is 12.4 Å². The topological polar surface area (TPSA) is 93.0 Å². The third-order valence-corrected chi connectivity index (χ3v) is 6.07. The number of nitrogens with one attached hydrogen (secondary N) is 1. The second kappa shape index (κ2) is 7.88. The fourth-order valence-corrected chi connectivity index (χ4v) is 4.69. The second-order valence-corrected chi connectivity index (χ2v) is 8.00. The van der Waals surface area contributed by atoms with Crippen LogP contribution in [0.2, 0.25) is 5.02 Å². The monoisotopic (exact) mass is 459 g/mol. The van der Waals surface area contributed by atoms with Crippen molar-refractivity contribution in [3.63, 3.8) is 0 Å². The lowest BCUT2D eigenvalue weighted by molar-refractivity contribution is 0.0212. The second-order valence-electron chi connectivity index (χ2n) is 7.62. The first-order chi connectivity index (χ1) is 13.9. The Morgan fingerprint density at radius 1 is 1.37 bits per heavy atom. The molecule has 11 heteroatoms. The van der Waals surface area contributed by atoms with Crippen molar-refractivity contribution in [2.45, 2.75) is 31.0 Å². The summed E-state index contributed by atoms with van der Waals surface area (Å²) in [5, 5.41) is 12.4. The molecule has 162 valence electrons. The molecule has 1 aliphatic carbocycles. The minimum absolute atomic E-state index is 0. The molecule has 0 amide bonds. The summed E-state index contributed by atoms with van der Waals surface area (Å²) >= 11 is 6.67. The molecule has 5 rings (SSSR count). The number of nitrogens with zero attached hydrogens (tertiary/aromatic N) is 2. The summed E-state index contributed by atoms with van der Waals surface area (Å²) in [6, 6.07) is 1.28. The average molecular weight is 460 g/mol. The average Bonchev–Trinajstić information content (AvgIpc) is 3.43. The van der Waals surface area contributed by atoms with Crippen LogP contribution in [0.1, 0.15) is 18.9 Å². The maximum Gasteiger partial charge on any atom is 0.511 e. The van der Waals surface area contributed by atoms with Gasteiger partial charge in [0.1, 0.15) is 5.82 Å². The van der Waals surface area contributed by atoms with E-state index in [4.69, 9.17) is 21.4 Å². The molecule has 2 unspecified atom stereocenters.